The van der Waals surface area contributed by atoms with Crippen molar-refractivity contribution < 1.29 is 28.7 Å². The fraction of sp³-hybridized carbons (Fsp3) is 0.389. The zero-order valence-corrected chi connectivity index (χ0v) is 15.3. The molecule has 3 aliphatic carbocycles. The maximum absolute atomic E-state index is 13.6. The van der Waals surface area contributed by atoms with Crippen LogP contribution in [0.2, 0.25) is 0 Å². The number of ether oxygens (including phenoxy) is 2. The van der Waals surface area contributed by atoms with Crippen molar-refractivity contribution >= 4 is 42.0 Å². The first-order valence-corrected chi connectivity index (χ1v) is 8.33. The minimum Gasteiger partial charge on any atom is -0.468 e. The molecule has 0 aromatic heterocycles. The summed E-state index contributed by atoms with van der Waals surface area (Å²) in [6.07, 6.45) is 3.39. The molecule has 9 heteroatoms. The van der Waals surface area contributed by atoms with E-state index in [4.69, 9.17) is 14.9 Å². The van der Waals surface area contributed by atoms with Crippen LogP contribution in [0.25, 0.3) is 0 Å². The second kappa shape index (κ2) is 6.05. The molecular weight excluding hydrogens is 372 g/mol. The van der Waals surface area contributed by atoms with Gasteiger partial charge >= 0.3 is 11.9 Å². The Hall–Kier alpha value is -2.95. The lowest BCUT2D eigenvalue weighted by Crippen LogP contribution is -2.66. The van der Waals surface area contributed by atoms with Crippen LogP contribution in [0.3, 0.4) is 0 Å². The number of Topliss-reactive ketones (excluding diaryl/α,β-unsaturated/α-hetero) is 2. The van der Waals surface area contributed by atoms with Crippen molar-refractivity contribution in [3.8, 4) is 6.07 Å². The zero-order valence-electron chi connectivity index (χ0n) is 14.4. The van der Waals surface area contributed by atoms with Gasteiger partial charge < -0.3 is 9.47 Å². The molecule has 8 nitrogen and oxygen atoms in total. The summed E-state index contributed by atoms with van der Waals surface area (Å²) < 4.78 is 9.70. The smallest absolute Gasteiger partial charge is 0.322 e. The van der Waals surface area contributed by atoms with E-state index in [0.717, 1.165) is 14.2 Å². The fourth-order valence-corrected chi connectivity index (χ4v) is 5.13. The summed E-state index contributed by atoms with van der Waals surface area (Å²) in [5.41, 5.74) is -5.43. The van der Waals surface area contributed by atoms with Gasteiger partial charge in [0.2, 0.25) is 0 Å². The van der Waals surface area contributed by atoms with Crippen molar-refractivity contribution in [2.75, 3.05) is 14.2 Å². The maximum atomic E-state index is 13.6. The summed E-state index contributed by atoms with van der Waals surface area (Å²) in [6.45, 7) is 0. The topological polar surface area (TPSA) is 134 Å². The average Bonchev–Trinajstić information content (AvgIpc) is 3.27. The number of methoxy groups -OCH3 is 2. The van der Waals surface area contributed by atoms with Gasteiger partial charge in [-0.1, -0.05) is 12.2 Å². The summed E-state index contributed by atoms with van der Waals surface area (Å²) in [6, 6.07) is 1.61. The molecule has 0 saturated heterocycles. The monoisotopic (exact) mass is 386 g/mol. The van der Waals surface area contributed by atoms with Crippen LogP contribution in [0, 0.1) is 39.4 Å². The summed E-state index contributed by atoms with van der Waals surface area (Å²) in [5.74, 6) is -3.73. The van der Waals surface area contributed by atoms with Crippen molar-refractivity contribution in [3.63, 3.8) is 0 Å². The molecular formula is C18H14N2O6S. The standard InChI is InChI=1S/C18H14N2O6S/c1-25-15(23)17-9-3-4-10(5-9)18(17,16(24)26-2)14(22)12(27)11(13(17)21)8(6-19)7-20/h3-4,9-10,19,27H,5H2,1-2H3. The van der Waals surface area contributed by atoms with Crippen LogP contribution >= 0.6 is 12.6 Å². The number of ketones is 2. The Labute approximate surface area is 159 Å². The summed E-state index contributed by atoms with van der Waals surface area (Å²) >= 11 is 4.09. The number of allylic oxidation sites excluding steroid dienone is 5. The minimum absolute atomic E-state index is 0.187. The molecule has 0 aromatic rings. The number of thiol groups is 1. The Balaban J connectivity index is 2.50. The van der Waals surface area contributed by atoms with Gasteiger partial charge in [-0.15, -0.1) is 12.6 Å². The molecule has 3 aliphatic rings. The van der Waals surface area contributed by atoms with Crippen LogP contribution in [0.4, 0.5) is 0 Å². The average molecular weight is 386 g/mol. The number of nitrogens with zero attached hydrogens (tertiary/aromatic N) is 1. The van der Waals surface area contributed by atoms with E-state index in [2.05, 4.69) is 12.6 Å². The van der Waals surface area contributed by atoms with Crippen LogP contribution < -0.4 is 0 Å². The van der Waals surface area contributed by atoms with Gasteiger partial charge in [0.25, 0.3) is 0 Å². The second-order valence-electron chi connectivity index (χ2n) is 6.43. The van der Waals surface area contributed by atoms with E-state index >= 15 is 0 Å². The molecule has 1 N–H and O–H groups in total. The Morgan fingerprint density at radius 1 is 1.15 bits per heavy atom. The first-order valence-electron chi connectivity index (χ1n) is 7.88. The molecule has 3 rings (SSSR count). The van der Waals surface area contributed by atoms with E-state index in [9.17, 15) is 24.4 Å². The lowest BCUT2D eigenvalue weighted by atomic mass is 9.50. The molecule has 0 aromatic carbocycles. The van der Waals surface area contributed by atoms with Gasteiger partial charge in [-0.3, -0.25) is 24.6 Å². The molecule has 4 atom stereocenters. The van der Waals surface area contributed by atoms with Gasteiger partial charge in [0.1, 0.15) is 11.6 Å². The van der Waals surface area contributed by atoms with E-state index in [1.54, 1.807) is 24.1 Å². The highest BCUT2D eigenvalue weighted by Crippen LogP contribution is 2.69. The summed E-state index contributed by atoms with van der Waals surface area (Å²) in [5, 5.41) is 16.5. The highest BCUT2D eigenvalue weighted by atomic mass is 32.1. The molecule has 4 unspecified atom stereocenters. The number of nitrogens with one attached hydrogen (secondary N) is 1. The Morgan fingerprint density at radius 3 is 2.04 bits per heavy atom. The normalized spacial score (nSPS) is 33.3. The second-order valence-corrected chi connectivity index (χ2v) is 6.87. The number of nitriles is 1. The van der Waals surface area contributed by atoms with Gasteiger partial charge in [-0.05, 0) is 12.3 Å². The Kier molecular flexibility index (Phi) is 4.22. The molecule has 0 radical (unpaired) electrons. The third-order valence-electron chi connectivity index (χ3n) is 5.71. The third-order valence-corrected chi connectivity index (χ3v) is 6.14. The van der Waals surface area contributed by atoms with Crippen molar-refractivity contribution in [1.82, 2.24) is 0 Å². The number of carbonyl (C=O) groups excluding carboxylic acids is 4. The van der Waals surface area contributed by atoms with Crippen molar-refractivity contribution in [1.29, 1.82) is 10.7 Å². The van der Waals surface area contributed by atoms with Crippen molar-refractivity contribution in [2.45, 2.75) is 6.42 Å². The van der Waals surface area contributed by atoms with E-state index in [1.165, 1.54) is 0 Å². The molecule has 138 valence electrons. The van der Waals surface area contributed by atoms with Crippen LogP contribution in [0.5, 0.6) is 0 Å². The predicted octanol–water partition coefficient (Wildman–Crippen LogP) is 0.545. The predicted molar refractivity (Wildman–Crippen MR) is 92.5 cm³/mol. The summed E-state index contributed by atoms with van der Waals surface area (Å²) in [7, 11) is 2.10. The molecule has 27 heavy (non-hydrogen) atoms. The number of carbonyl (C=O) groups is 4. The van der Waals surface area contributed by atoms with E-state index in [0.29, 0.717) is 0 Å². The highest BCUT2D eigenvalue weighted by molar-refractivity contribution is 7.85. The fourth-order valence-electron chi connectivity index (χ4n) is 4.74. The number of rotatable bonds is 3. The molecule has 0 aliphatic heterocycles. The number of esters is 2. The molecule has 0 amide bonds. The highest BCUT2D eigenvalue weighted by Gasteiger charge is 2.82. The molecule has 2 bridgehead atoms. The van der Waals surface area contributed by atoms with Gasteiger partial charge in [-0.2, -0.15) is 5.26 Å². The SMILES string of the molecule is COC(=O)C12C(=O)C(S)=C(C(=C=N)C#N)C(=O)C1(C(=O)OC)C1C=CC2C1. The Morgan fingerprint density at radius 2 is 1.63 bits per heavy atom. The number of hydrogen-bond acceptors (Lipinski definition) is 9. The van der Waals surface area contributed by atoms with Crippen LogP contribution in [0.15, 0.2) is 28.2 Å². The van der Waals surface area contributed by atoms with Crippen LogP contribution in [0.1, 0.15) is 6.42 Å². The number of hydrogen-bond donors (Lipinski definition) is 2. The first-order chi connectivity index (χ1) is 12.8. The molecule has 0 spiro atoms. The van der Waals surface area contributed by atoms with Gasteiger partial charge in [0.05, 0.1) is 24.7 Å². The van der Waals surface area contributed by atoms with E-state index in [-0.39, 0.29) is 6.42 Å². The number of fused-ring (bicyclic) bond motifs is 5. The molecule has 1 saturated carbocycles. The van der Waals surface area contributed by atoms with Crippen molar-refractivity contribution in [2.24, 2.45) is 22.7 Å². The van der Waals surface area contributed by atoms with Gasteiger partial charge in [0.15, 0.2) is 22.4 Å². The minimum atomic E-state index is -2.22. The van der Waals surface area contributed by atoms with Gasteiger partial charge in [-0.25, -0.2) is 0 Å². The molecule has 1 fully saturated rings. The quantitative estimate of drug-likeness (QED) is 0.181. The lowest BCUT2D eigenvalue weighted by molar-refractivity contribution is -0.185. The lowest BCUT2D eigenvalue weighted by Gasteiger charge is -2.47. The van der Waals surface area contributed by atoms with Crippen LogP contribution in [-0.2, 0) is 28.7 Å². The largest absolute Gasteiger partial charge is 0.468 e. The van der Waals surface area contributed by atoms with E-state index < -0.39 is 62.2 Å². The zero-order chi connectivity index (χ0) is 20.1. The first kappa shape index (κ1) is 18.8. The Bertz CT molecular complexity index is 967. The van der Waals surface area contributed by atoms with Gasteiger partial charge in [0, 0.05) is 11.8 Å². The maximum Gasteiger partial charge on any atom is 0.322 e. The van der Waals surface area contributed by atoms with E-state index in [1.807, 2.05) is 0 Å². The third kappa shape index (κ3) is 1.81. The molecule has 0 heterocycles. The summed E-state index contributed by atoms with van der Waals surface area (Å²) in [4.78, 5) is 52.3. The van der Waals surface area contributed by atoms with Crippen molar-refractivity contribution in [3.05, 3.63) is 28.2 Å². The van der Waals surface area contributed by atoms with Crippen LogP contribution in [-0.4, -0.2) is 43.6 Å².